The zero-order valence-electron chi connectivity index (χ0n) is 9.96. The van der Waals surface area contributed by atoms with Crippen molar-refractivity contribution < 1.29 is 9.90 Å². The minimum absolute atomic E-state index is 0.159. The fraction of sp³-hybridized carbons (Fsp3) is 0.462. The van der Waals surface area contributed by atoms with Crippen molar-refractivity contribution in [2.45, 2.75) is 26.3 Å². The van der Waals surface area contributed by atoms with Crippen molar-refractivity contribution in [2.24, 2.45) is 5.92 Å². The van der Waals surface area contributed by atoms with Crippen LogP contribution in [0.3, 0.4) is 0 Å². The van der Waals surface area contributed by atoms with E-state index in [0.29, 0.717) is 13.0 Å². The number of aliphatic carboxylic acids is 1. The summed E-state index contributed by atoms with van der Waals surface area (Å²) in [4.78, 5) is 10.9. The van der Waals surface area contributed by atoms with Crippen LogP contribution in [0, 0.1) is 19.8 Å². The van der Waals surface area contributed by atoms with E-state index in [4.69, 9.17) is 5.11 Å². The van der Waals surface area contributed by atoms with Gasteiger partial charge in [-0.1, -0.05) is 22.0 Å². The number of hydrogen-bond acceptors (Lipinski definition) is 2. The molecule has 1 aromatic rings. The van der Waals surface area contributed by atoms with Gasteiger partial charge in [0, 0.05) is 17.1 Å². The second-order valence-corrected chi connectivity index (χ2v) is 5.53. The van der Waals surface area contributed by atoms with Gasteiger partial charge in [0.05, 0.1) is 5.92 Å². The Balaban J connectivity index is 2.22. The highest BCUT2D eigenvalue weighted by Gasteiger charge is 2.30. The zero-order valence-corrected chi connectivity index (χ0v) is 11.5. The minimum Gasteiger partial charge on any atom is -0.481 e. The smallest absolute Gasteiger partial charge is 0.307 e. The molecule has 1 aliphatic heterocycles. The third kappa shape index (κ3) is 2.53. The van der Waals surface area contributed by atoms with Crippen molar-refractivity contribution >= 4 is 21.9 Å². The molecule has 1 heterocycles. The Morgan fingerprint density at radius 1 is 1.47 bits per heavy atom. The molecule has 3 nitrogen and oxygen atoms in total. The lowest BCUT2D eigenvalue weighted by Gasteiger charge is -2.14. The van der Waals surface area contributed by atoms with Gasteiger partial charge in [-0.2, -0.15) is 0 Å². The maximum atomic E-state index is 10.9. The number of hydrogen-bond donors (Lipinski definition) is 2. The number of carboxylic acids is 1. The molecular formula is C13H16BrNO2. The van der Waals surface area contributed by atoms with Crippen LogP contribution in [0.1, 0.15) is 29.2 Å². The SMILES string of the molecule is Cc1cc(C2CC(C(=O)O)CN2)cc(Br)c1C. The Hall–Kier alpha value is -0.870. The first-order chi connectivity index (χ1) is 7.99. The molecule has 0 aliphatic carbocycles. The van der Waals surface area contributed by atoms with Gasteiger partial charge in [0.1, 0.15) is 0 Å². The van der Waals surface area contributed by atoms with Crippen LogP contribution in [0.5, 0.6) is 0 Å². The van der Waals surface area contributed by atoms with E-state index in [2.05, 4.69) is 47.2 Å². The fourth-order valence-electron chi connectivity index (χ4n) is 2.22. The van der Waals surface area contributed by atoms with Crippen molar-refractivity contribution in [3.05, 3.63) is 33.3 Å². The number of nitrogens with one attached hydrogen (secondary N) is 1. The number of benzene rings is 1. The molecule has 4 heteroatoms. The summed E-state index contributed by atoms with van der Waals surface area (Å²) < 4.78 is 1.09. The lowest BCUT2D eigenvalue weighted by atomic mass is 9.97. The molecule has 2 atom stereocenters. The van der Waals surface area contributed by atoms with Crippen LogP contribution >= 0.6 is 15.9 Å². The average Bonchev–Trinajstić information content (AvgIpc) is 2.74. The summed E-state index contributed by atoms with van der Waals surface area (Å²) in [5, 5.41) is 12.3. The first-order valence-electron chi connectivity index (χ1n) is 5.72. The van der Waals surface area contributed by atoms with Crippen LogP contribution in [0.2, 0.25) is 0 Å². The molecule has 1 aromatic carbocycles. The Kier molecular flexibility index (Phi) is 3.54. The average molecular weight is 298 g/mol. The second kappa shape index (κ2) is 4.78. The highest BCUT2D eigenvalue weighted by Crippen LogP contribution is 2.31. The molecule has 1 fully saturated rings. The fourth-order valence-corrected chi connectivity index (χ4v) is 2.80. The van der Waals surface area contributed by atoms with Gasteiger partial charge in [0.25, 0.3) is 0 Å². The molecule has 0 radical (unpaired) electrons. The van der Waals surface area contributed by atoms with Crippen LogP contribution in [0.15, 0.2) is 16.6 Å². The van der Waals surface area contributed by atoms with E-state index in [-0.39, 0.29) is 12.0 Å². The standard InChI is InChI=1S/C13H16BrNO2/c1-7-3-9(4-11(14)8(7)2)12-5-10(6-15-12)13(16)17/h3-4,10,12,15H,5-6H2,1-2H3,(H,16,17). The Bertz CT molecular complexity index is 436. The molecule has 2 unspecified atom stereocenters. The lowest BCUT2D eigenvalue weighted by Crippen LogP contribution is -2.17. The summed E-state index contributed by atoms with van der Waals surface area (Å²) >= 11 is 3.54. The quantitative estimate of drug-likeness (QED) is 0.882. The van der Waals surface area contributed by atoms with Crippen LogP contribution < -0.4 is 5.32 Å². The number of aryl methyl sites for hydroxylation is 1. The monoisotopic (exact) mass is 297 g/mol. The van der Waals surface area contributed by atoms with Gasteiger partial charge in [-0.15, -0.1) is 0 Å². The molecule has 0 spiro atoms. The summed E-state index contributed by atoms with van der Waals surface area (Å²) in [5.74, 6) is -0.969. The van der Waals surface area contributed by atoms with Crippen molar-refractivity contribution in [3.8, 4) is 0 Å². The highest BCUT2D eigenvalue weighted by molar-refractivity contribution is 9.10. The molecule has 0 bridgehead atoms. The van der Waals surface area contributed by atoms with E-state index in [1.165, 1.54) is 16.7 Å². The maximum Gasteiger partial charge on any atom is 0.307 e. The van der Waals surface area contributed by atoms with Gasteiger partial charge in [-0.3, -0.25) is 4.79 Å². The van der Waals surface area contributed by atoms with Gasteiger partial charge < -0.3 is 10.4 Å². The molecule has 92 valence electrons. The third-order valence-corrected chi connectivity index (χ3v) is 4.33. The van der Waals surface area contributed by atoms with Crippen LogP contribution in [0.4, 0.5) is 0 Å². The second-order valence-electron chi connectivity index (χ2n) is 4.68. The van der Waals surface area contributed by atoms with E-state index < -0.39 is 5.97 Å². The predicted molar refractivity (Wildman–Crippen MR) is 70.1 cm³/mol. The Labute approximate surface area is 109 Å². The topological polar surface area (TPSA) is 49.3 Å². The van der Waals surface area contributed by atoms with Crippen LogP contribution in [-0.2, 0) is 4.79 Å². The number of halogens is 1. The molecule has 0 saturated carbocycles. The Morgan fingerprint density at radius 2 is 2.18 bits per heavy atom. The molecule has 2 N–H and O–H groups in total. The van der Waals surface area contributed by atoms with E-state index in [0.717, 1.165) is 4.47 Å². The largest absolute Gasteiger partial charge is 0.481 e. The van der Waals surface area contributed by atoms with Crippen LogP contribution in [0.25, 0.3) is 0 Å². The normalized spacial score (nSPS) is 23.9. The molecule has 17 heavy (non-hydrogen) atoms. The number of carbonyl (C=O) groups is 1. The summed E-state index contributed by atoms with van der Waals surface area (Å²) in [6.45, 7) is 4.71. The van der Waals surface area contributed by atoms with Crippen molar-refractivity contribution in [3.63, 3.8) is 0 Å². The first-order valence-corrected chi connectivity index (χ1v) is 6.51. The third-order valence-electron chi connectivity index (χ3n) is 3.51. The van der Waals surface area contributed by atoms with Crippen LogP contribution in [-0.4, -0.2) is 17.6 Å². The molecule has 0 amide bonds. The Morgan fingerprint density at radius 3 is 2.71 bits per heavy atom. The zero-order chi connectivity index (χ0) is 12.6. The molecule has 1 aliphatic rings. The number of carboxylic acid groups (broad SMARTS) is 1. The van der Waals surface area contributed by atoms with Gasteiger partial charge in [-0.25, -0.2) is 0 Å². The molecular weight excluding hydrogens is 282 g/mol. The van der Waals surface area contributed by atoms with Crippen molar-refractivity contribution in [1.82, 2.24) is 5.32 Å². The number of rotatable bonds is 2. The predicted octanol–water partition coefficient (Wildman–Crippen LogP) is 2.80. The summed E-state index contributed by atoms with van der Waals surface area (Å²) in [6.07, 6.45) is 0.671. The first kappa shape index (κ1) is 12.6. The summed E-state index contributed by atoms with van der Waals surface area (Å²) in [7, 11) is 0. The van der Waals surface area contributed by atoms with Gasteiger partial charge >= 0.3 is 5.97 Å². The molecule has 1 saturated heterocycles. The summed E-state index contributed by atoms with van der Waals surface area (Å²) in [6, 6.07) is 4.39. The van der Waals surface area contributed by atoms with Gasteiger partial charge in [0.15, 0.2) is 0 Å². The molecule has 2 rings (SSSR count). The van der Waals surface area contributed by atoms with Gasteiger partial charge in [0.2, 0.25) is 0 Å². The maximum absolute atomic E-state index is 10.9. The van der Waals surface area contributed by atoms with E-state index in [1.807, 2.05) is 0 Å². The van der Waals surface area contributed by atoms with E-state index >= 15 is 0 Å². The lowest BCUT2D eigenvalue weighted by molar-refractivity contribution is -0.141. The van der Waals surface area contributed by atoms with Crippen molar-refractivity contribution in [1.29, 1.82) is 0 Å². The minimum atomic E-state index is -0.706. The van der Waals surface area contributed by atoms with E-state index in [9.17, 15) is 4.79 Å². The van der Waals surface area contributed by atoms with Crippen molar-refractivity contribution in [2.75, 3.05) is 6.54 Å². The van der Waals surface area contributed by atoms with Gasteiger partial charge in [-0.05, 0) is 43.0 Å². The van der Waals surface area contributed by atoms with E-state index in [1.54, 1.807) is 0 Å². The highest BCUT2D eigenvalue weighted by atomic mass is 79.9. The molecule has 0 aromatic heterocycles. The summed E-state index contributed by atoms with van der Waals surface area (Å²) in [5.41, 5.74) is 3.64.